The molecule has 30 heavy (non-hydrogen) atoms. The smallest absolute Gasteiger partial charge is 0.276 e. The Labute approximate surface area is 184 Å². The molecule has 1 aliphatic rings. The van der Waals surface area contributed by atoms with Crippen molar-refractivity contribution in [1.82, 2.24) is 15.1 Å². The highest BCUT2D eigenvalue weighted by Gasteiger charge is 2.26. The number of aryl methyl sites for hydroxylation is 1. The van der Waals surface area contributed by atoms with Gasteiger partial charge in [0.15, 0.2) is 5.69 Å². The first-order chi connectivity index (χ1) is 14.2. The van der Waals surface area contributed by atoms with E-state index < -0.39 is 0 Å². The largest absolute Gasteiger partial charge is 0.320 e. The molecular formula is C24H29ClN4O. The quantitative estimate of drug-likeness (QED) is 0.595. The molecule has 0 saturated carbocycles. The van der Waals surface area contributed by atoms with Crippen molar-refractivity contribution in [2.24, 2.45) is 0 Å². The zero-order chi connectivity index (χ0) is 20.2. The summed E-state index contributed by atoms with van der Waals surface area (Å²) in [5.74, 6) is -0.127. The first kappa shape index (κ1) is 22.1. The fraction of sp³-hybridized carbons (Fsp3) is 0.333. The van der Waals surface area contributed by atoms with Crippen LogP contribution in [0.2, 0.25) is 0 Å². The third-order valence-corrected chi connectivity index (χ3v) is 5.50. The molecule has 2 aromatic carbocycles. The van der Waals surface area contributed by atoms with E-state index in [-0.39, 0.29) is 18.3 Å². The third kappa shape index (κ3) is 4.58. The van der Waals surface area contributed by atoms with Gasteiger partial charge in [-0.1, -0.05) is 42.8 Å². The molecule has 0 spiro atoms. The van der Waals surface area contributed by atoms with Gasteiger partial charge in [0.25, 0.3) is 5.91 Å². The number of hydrogen-bond acceptors (Lipinski definition) is 3. The van der Waals surface area contributed by atoms with E-state index in [4.69, 9.17) is 5.10 Å². The van der Waals surface area contributed by atoms with Gasteiger partial charge in [0.2, 0.25) is 0 Å². The molecule has 3 aromatic rings. The topological polar surface area (TPSA) is 58.9 Å². The van der Waals surface area contributed by atoms with E-state index in [0.717, 1.165) is 61.3 Å². The second kappa shape index (κ2) is 9.92. The number of carbonyl (C=O) groups is 1. The van der Waals surface area contributed by atoms with Crippen molar-refractivity contribution in [1.29, 1.82) is 0 Å². The maximum Gasteiger partial charge on any atom is 0.276 e. The van der Waals surface area contributed by atoms with Crippen molar-refractivity contribution in [2.45, 2.75) is 46.1 Å². The van der Waals surface area contributed by atoms with Gasteiger partial charge in [0, 0.05) is 23.5 Å². The minimum absolute atomic E-state index is 0. The predicted octanol–water partition coefficient (Wildman–Crippen LogP) is 4.84. The lowest BCUT2D eigenvalue weighted by molar-refractivity contribution is 0.102. The van der Waals surface area contributed by atoms with Crippen molar-refractivity contribution in [3.05, 3.63) is 76.6 Å². The molecule has 6 heteroatoms. The van der Waals surface area contributed by atoms with Crippen LogP contribution in [0.15, 0.2) is 48.5 Å². The summed E-state index contributed by atoms with van der Waals surface area (Å²) in [4.78, 5) is 13.2. The number of anilines is 1. The average Bonchev–Trinajstić information content (AvgIpc) is 3.13. The van der Waals surface area contributed by atoms with Crippen LogP contribution in [0, 0.1) is 6.92 Å². The second-order valence-corrected chi connectivity index (χ2v) is 7.62. The fourth-order valence-corrected chi connectivity index (χ4v) is 3.92. The lowest BCUT2D eigenvalue weighted by Gasteiger charge is -2.14. The number of amides is 1. The van der Waals surface area contributed by atoms with Gasteiger partial charge >= 0.3 is 0 Å². The van der Waals surface area contributed by atoms with Crippen molar-refractivity contribution in [3.8, 4) is 5.69 Å². The highest BCUT2D eigenvalue weighted by atomic mass is 35.5. The van der Waals surface area contributed by atoms with E-state index in [2.05, 4.69) is 48.7 Å². The normalized spacial score (nSPS) is 12.7. The van der Waals surface area contributed by atoms with Crippen LogP contribution < -0.4 is 10.6 Å². The summed E-state index contributed by atoms with van der Waals surface area (Å²) in [6.45, 7) is 5.76. The van der Waals surface area contributed by atoms with Gasteiger partial charge in [-0.15, -0.1) is 12.4 Å². The molecule has 0 fully saturated rings. The van der Waals surface area contributed by atoms with Crippen LogP contribution >= 0.6 is 12.4 Å². The van der Waals surface area contributed by atoms with Crippen LogP contribution in [-0.2, 0) is 19.4 Å². The highest BCUT2D eigenvalue weighted by molar-refractivity contribution is 6.04. The molecule has 4 rings (SSSR count). The lowest BCUT2D eigenvalue weighted by atomic mass is 9.95. The standard InChI is InChI=1S/C24H28N4O.ClH/c1-3-25-16-18-8-4-6-10-21(18)26-24(29)23-20-9-5-7-11-22(20)28(27-23)19-14-12-17(2)13-15-19;/h4,6,8,10,12-15,25H,3,5,7,9,11,16H2,1-2H3,(H,26,29);1H. The first-order valence-corrected chi connectivity index (χ1v) is 10.4. The second-order valence-electron chi connectivity index (χ2n) is 7.62. The molecule has 1 aliphatic carbocycles. The number of halogens is 1. The Morgan fingerprint density at radius 3 is 2.57 bits per heavy atom. The molecule has 0 bridgehead atoms. The summed E-state index contributed by atoms with van der Waals surface area (Å²) >= 11 is 0. The van der Waals surface area contributed by atoms with E-state index in [1.165, 1.54) is 11.3 Å². The number of carbonyl (C=O) groups excluding carboxylic acids is 1. The highest BCUT2D eigenvalue weighted by Crippen LogP contribution is 2.28. The van der Waals surface area contributed by atoms with Gasteiger partial charge < -0.3 is 10.6 Å². The van der Waals surface area contributed by atoms with Crippen LogP contribution in [0.25, 0.3) is 5.69 Å². The predicted molar refractivity (Wildman–Crippen MR) is 124 cm³/mol. The van der Waals surface area contributed by atoms with Gasteiger partial charge in [-0.3, -0.25) is 4.79 Å². The Morgan fingerprint density at radius 1 is 1.07 bits per heavy atom. The van der Waals surface area contributed by atoms with Crippen LogP contribution in [0.3, 0.4) is 0 Å². The molecule has 5 nitrogen and oxygen atoms in total. The Morgan fingerprint density at radius 2 is 1.80 bits per heavy atom. The maximum absolute atomic E-state index is 13.2. The number of benzene rings is 2. The van der Waals surface area contributed by atoms with Crippen LogP contribution in [-0.4, -0.2) is 22.2 Å². The molecule has 2 N–H and O–H groups in total. The van der Waals surface area contributed by atoms with Gasteiger partial charge in [0.1, 0.15) is 0 Å². The number of para-hydroxylation sites is 1. The molecule has 0 radical (unpaired) electrons. The Hall–Kier alpha value is -2.63. The van der Waals surface area contributed by atoms with E-state index >= 15 is 0 Å². The summed E-state index contributed by atoms with van der Waals surface area (Å²) in [5.41, 5.74) is 6.97. The monoisotopic (exact) mass is 424 g/mol. The molecule has 1 heterocycles. The Balaban J connectivity index is 0.00000256. The van der Waals surface area contributed by atoms with E-state index in [9.17, 15) is 4.79 Å². The maximum atomic E-state index is 13.2. The third-order valence-electron chi connectivity index (χ3n) is 5.50. The van der Waals surface area contributed by atoms with Gasteiger partial charge in [-0.05, 0) is 62.9 Å². The Bertz CT molecular complexity index is 1010. The molecule has 1 amide bonds. The minimum Gasteiger partial charge on any atom is -0.320 e. The molecule has 0 aliphatic heterocycles. The van der Waals surface area contributed by atoms with Crippen LogP contribution in [0.4, 0.5) is 5.69 Å². The van der Waals surface area contributed by atoms with Crippen LogP contribution in [0.1, 0.15) is 52.6 Å². The number of fused-ring (bicyclic) bond motifs is 1. The molecule has 0 unspecified atom stereocenters. The van der Waals surface area contributed by atoms with Crippen molar-refractivity contribution >= 4 is 24.0 Å². The van der Waals surface area contributed by atoms with E-state index in [1.807, 2.05) is 28.9 Å². The van der Waals surface area contributed by atoms with Crippen molar-refractivity contribution in [2.75, 3.05) is 11.9 Å². The fourth-order valence-electron chi connectivity index (χ4n) is 3.92. The molecule has 1 aromatic heterocycles. The number of nitrogens with zero attached hydrogens (tertiary/aromatic N) is 2. The lowest BCUT2D eigenvalue weighted by Crippen LogP contribution is -2.18. The van der Waals surface area contributed by atoms with Gasteiger partial charge in [-0.2, -0.15) is 5.10 Å². The minimum atomic E-state index is -0.127. The molecule has 0 atom stereocenters. The summed E-state index contributed by atoms with van der Waals surface area (Å²) in [7, 11) is 0. The number of rotatable bonds is 6. The first-order valence-electron chi connectivity index (χ1n) is 10.4. The van der Waals surface area contributed by atoms with Crippen molar-refractivity contribution in [3.63, 3.8) is 0 Å². The molecule has 158 valence electrons. The summed E-state index contributed by atoms with van der Waals surface area (Å²) in [6.07, 6.45) is 4.10. The summed E-state index contributed by atoms with van der Waals surface area (Å²) in [5, 5.41) is 11.2. The zero-order valence-electron chi connectivity index (χ0n) is 17.6. The summed E-state index contributed by atoms with van der Waals surface area (Å²) < 4.78 is 1.97. The zero-order valence-corrected chi connectivity index (χ0v) is 18.4. The molecular weight excluding hydrogens is 396 g/mol. The average molecular weight is 425 g/mol. The number of nitrogens with one attached hydrogen (secondary N) is 2. The number of hydrogen-bond donors (Lipinski definition) is 2. The van der Waals surface area contributed by atoms with E-state index in [0.29, 0.717) is 5.69 Å². The summed E-state index contributed by atoms with van der Waals surface area (Å²) in [6, 6.07) is 16.3. The van der Waals surface area contributed by atoms with Crippen molar-refractivity contribution < 1.29 is 4.79 Å². The molecule has 0 saturated heterocycles. The number of aromatic nitrogens is 2. The van der Waals surface area contributed by atoms with E-state index in [1.54, 1.807) is 0 Å². The Kier molecular flexibility index (Phi) is 7.29. The SMILES string of the molecule is CCNCc1ccccc1NC(=O)c1nn(-c2ccc(C)cc2)c2c1CCCC2.Cl. The van der Waals surface area contributed by atoms with Gasteiger partial charge in [0.05, 0.1) is 5.69 Å². The van der Waals surface area contributed by atoms with Gasteiger partial charge in [-0.25, -0.2) is 4.68 Å². The van der Waals surface area contributed by atoms with Crippen LogP contribution in [0.5, 0.6) is 0 Å².